The Morgan fingerprint density at radius 3 is 2.28 bits per heavy atom. The molecule has 0 aliphatic rings. The number of aromatic amines is 1. The van der Waals surface area contributed by atoms with Crippen LogP contribution in [0, 0.1) is 0 Å². The Hall–Kier alpha value is -3.05. The Morgan fingerprint density at radius 2 is 1.44 bits per heavy atom. The predicted molar refractivity (Wildman–Crippen MR) is 101 cm³/mol. The van der Waals surface area contributed by atoms with Crippen molar-refractivity contribution in [3.8, 4) is 5.69 Å². The van der Waals surface area contributed by atoms with Crippen LogP contribution in [0.4, 0.5) is 0 Å². The minimum absolute atomic E-state index is 0.841. The molecule has 25 heavy (non-hydrogen) atoms. The number of hydrogen-bond donors (Lipinski definition) is 1. The number of nitrogens with one attached hydrogen (secondary N) is 1. The van der Waals surface area contributed by atoms with Crippen LogP contribution in [0.15, 0.2) is 89.2 Å². The molecule has 0 aliphatic carbocycles. The Balaban J connectivity index is 1.67. The zero-order valence-corrected chi connectivity index (χ0v) is 14.1. The predicted octanol–water partition coefficient (Wildman–Crippen LogP) is 5.05. The molecule has 2 heterocycles. The summed E-state index contributed by atoms with van der Waals surface area (Å²) in [5, 5.41) is 1.74. The van der Waals surface area contributed by atoms with Gasteiger partial charge in [0.15, 0.2) is 10.3 Å². The van der Waals surface area contributed by atoms with Crippen molar-refractivity contribution in [2.24, 2.45) is 0 Å². The summed E-state index contributed by atoms with van der Waals surface area (Å²) in [5.74, 6) is 0. The zero-order valence-electron chi connectivity index (χ0n) is 13.3. The Morgan fingerprint density at radius 1 is 0.720 bits per heavy atom. The first-order chi connectivity index (χ1) is 12.4. The first-order valence-corrected chi connectivity index (χ1v) is 8.86. The summed E-state index contributed by atoms with van der Waals surface area (Å²) in [7, 11) is 0. The van der Waals surface area contributed by atoms with Crippen molar-refractivity contribution in [1.29, 1.82) is 0 Å². The van der Waals surface area contributed by atoms with Gasteiger partial charge in [0.1, 0.15) is 0 Å². The number of fused-ring (bicyclic) bond motifs is 2. The third-order valence-electron chi connectivity index (χ3n) is 4.10. The average Bonchev–Trinajstić information content (AvgIpc) is 3.22. The maximum atomic E-state index is 4.82. The highest BCUT2D eigenvalue weighted by molar-refractivity contribution is 7.99. The first-order valence-electron chi connectivity index (χ1n) is 8.04. The van der Waals surface area contributed by atoms with Crippen LogP contribution in [-0.2, 0) is 0 Å². The molecule has 0 atom stereocenters. The zero-order chi connectivity index (χ0) is 16.6. The number of H-pyrrole nitrogens is 1. The molecule has 4 nitrogen and oxygen atoms in total. The molecule has 3 aromatic carbocycles. The highest BCUT2D eigenvalue weighted by Crippen LogP contribution is 2.32. The molecule has 5 rings (SSSR count). The van der Waals surface area contributed by atoms with Crippen LogP contribution < -0.4 is 0 Å². The summed E-state index contributed by atoms with van der Waals surface area (Å²) in [6.45, 7) is 0. The normalized spacial score (nSPS) is 11.4. The fraction of sp³-hybridized carbons (Fsp3) is 0. The van der Waals surface area contributed by atoms with Crippen molar-refractivity contribution in [2.75, 3.05) is 0 Å². The molecule has 5 aromatic rings. The molecule has 0 spiro atoms. The van der Waals surface area contributed by atoms with Crippen molar-refractivity contribution in [3.05, 3.63) is 78.9 Å². The van der Waals surface area contributed by atoms with Crippen LogP contribution in [0.3, 0.4) is 0 Å². The van der Waals surface area contributed by atoms with E-state index in [4.69, 9.17) is 4.98 Å². The van der Waals surface area contributed by atoms with Crippen molar-refractivity contribution < 1.29 is 0 Å². The molecule has 2 aromatic heterocycles. The number of rotatable bonds is 3. The third-order valence-corrected chi connectivity index (χ3v) is 4.94. The minimum atomic E-state index is 0.841. The third kappa shape index (κ3) is 2.49. The smallest absolute Gasteiger partial charge is 0.181 e. The number of nitrogens with zero attached hydrogens (tertiary/aromatic N) is 3. The highest BCUT2D eigenvalue weighted by Gasteiger charge is 2.15. The number of imidazole rings is 2. The van der Waals surface area contributed by atoms with E-state index < -0.39 is 0 Å². The second kappa shape index (κ2) is 5.79. The second-order valence-electron chi connectivity index (χ2n) is 5.72. The number of para-hydroxylation sites is 5. The molecule has 0 unspecified atom stereocenters. The molecular formula is C20H14N4S. The first kappa shape index (κ1) is 14.3. The van der Waals surface area contributed by atoms with Crippen LogP contribution in [0.25, 0.3) is 27.8 Å². The van der Waals surface area contributed by atoms with Gasteiger partial charge in [-0.25, -0.2) is 9.97 Å². The van der Waals surface area contributed by atoms with E-state index in [-0.39, 0.29) is 0 Å². The van der Waals surface area contributed by atoms with E-state index in [9.17, 15) is 0 Å². The van der Waals surface area contributed by atoms with Crippen LogP contribution in [0.2, 0.25) is 0 Å². The summed E-state index contributed by atoms with van der Waals surface area (Å²) in [6, 6.07) is 26.5. The van der Waals surface area contributed by atoms with E-state index in [1.54, 1.807) is 11.8 Å². The quantitative estimate of drug-likeness (QED) is 0.499. The van der Waals surface area contributed by atoms with Crippen molar-refractivity contribution in [2.45, 2.75) is 10.3 Å². The highest BCUT2D eigenvalue weighted by atomic mass is 32.2. The SMILES string of the molecule is c1ccc(-n2c(Sc3nc4ccccc4[nH]3)nc3ccccc32)cc1. The standard InChI is InChI=1S/C20H14N4S/c1-2-8-14(9-3-1)24-18-13-7-6-12-17(18)23-20(24)25-19-21-15-10-4-5-11-16(15)22-19/h1-13H,(H,21,22). The summed E-state index contributed by atoms with van der Waals surface area (Å²) < 4.78 is 2.17. The lowest BCUT2D eigenvalue weighted by Crippen LogP contribution is -1.96. The average molecular weight is 342 g/mol. The van der Waals surface area contributed by atoms with Gasteiger partial charge in [0.25, 0.3) is 0 Å². The van der Waals surface area contributed by atoms with Crippen LogP contribution >= 0.6 is 11.8 Å². The molecule has 5 heteroatoms. The van der Waals surface area contributed by atoms with Gasteiger partial charge in [-0.2, -0.15) is 0 Å². The van der Waals surface area contributed by atoms with Gasteiger partial charge in [0.2, 0.25) is 0 Å². The monoisotopic (exact) mass is 342 g/mol. The Bertz CT molecular complexity index is 1140. The van der Waals surface area contributed by atoms with Gasteiger partial charge in [0, 0.05) is 5.69 Å². The molecular weight excluding hydrogens is 328 g/mol. The van der Waals surface area contributed by atoms with Crippen molar-refractivity contribution in [3.63, 3.8) is 0 Å². The molecule has 0 amide bonds. The summed E-state index contributed by atoms with van der Waals surface area (Å²) >= 11 is 1.55. The fourth-order valence-electron chi connectivity index (χ4n) is 2.96. The Kier molecular flexibility index (Phi) is 3.31. The molecule has 0 saturated carbocycles. The van der Waals surface area contributed by atoms with Gasteiger partial charge in [-0.05, 0) is 48.2 Å². The largest absolute Gasteiger partial charge is 0.333 e. The van der Waals surface area contributed by atoms with E-state index in [0.717, 1.165) is 38.1 Å². The van der Waals surface area contributed by atoms with Crippen LogP contribution in [0.5, 0.6) is 0 Å². The molecule has 0 aliphatic heterocycles. The number of aromatic nitrogens is 4. The van der Waals surface area contributed by atoms with E-state index in [1.165, 1.54) is 0 Å². The lowest BCUT2D eigenvalue weighted by atomic mass is 10.3. The van der Waals surface area contributed by atoms with E-state index in [2.05, 4.69) is 32.7 Å². The van der Waals surface area contributed by atoms with Gasteiger partial charge >= 0.3 is 0 Å². The molecule has 0 saturated heterocycles. The van der Waals surface area contributed by atoms with Gasteiger partial charge < -0.3 is 4.98 Å². The van der Waals surface area contributed by atoms with E-state index in [0.29, 0.717) is 0 Å². The molecule has 120 valence electrons. The molecule has 0 radical (unpaired) electrons. The van der Waals surface area contributed by atoms with E-state index >= 15 is 0 Å². The van der Waals surface area contributed by atoms with Gasteiger partial charge in [-0.3, -0.25) is 4.57 Å². The summed E-state index contributed by atoms with van der Waals surface area (Å²) in [4.78, 5) is 12.9. The molecule has 0 fully saturated rings. The lowest BCUT2D eigenvalue weighted by molar-refractivity contribution is 0.911. The summed E-state index contributed by atoms with van der Waals surface area (Å²) in [5.41, 5.74) is 5.16. The second-order valence-corrected chi connectivity index (χ2v) is 6.67. The summed E-state index contributed by atoms with van der Waals surface area (Å²) in [6.07, 6.45) is 0. The van der Waals surface area contributed by atoms with E-state index in [1.807, 2.05) is 60.7 Å². The number of benzene rings is 3. The van der Waals surface area contributed by atoms with Gasteiger partial charge in [-0.1, -0.05) is 42.5 Å². The van der Waals surface area contributed by atoms with Gasteiger partial charge in [-0.15, -0.1) is 0 Å². The maximum absolute atomic E-state index is 4.82. The molecule has 0 bridgehead atoms. The lowest BCUT2D eigenvalue weighted by Gasteiger charge is -2.07. The molecule has 1 N–H and O–H groups in total. The Labute approximate surface area is 148 Å². The van der Waals surface area contributed by atoms with Crippen molar-refractivity contribution in [1.82, 2.24) is 19.5 Å². The van der Waals surface area contributed by atoms with Crippen molar-refractivity contribution >= 4 is 33.8 Å². The maximum Gasteiger partial charge on any atom is 0.181 e. The topological polar surface area (TPSA) is 46.5 Å². The number of hydrogen-bond acceptors (Lipinski definition) is 3. The fourth-order valence-corrected chi connectivity index (χ4v) is 3.88. The van der Waals surface area contributed by atoms with Gasteiger partial charge in [0.05, 0.1) is 22.1 Å². The minimum Gasteiger partial charge on any atom is -0.333 e. The van der Waals surface area contributed by atoms with Crippen LogP contribution in [-0.4, -0.2) is 19.5 Å². The van der Waals surface area contributed by atoms with Crippen LogP contribution in [0.1, 0.15) is 0 Å².